The van der Waals surface area contributed by atoms with Crippen LogP contribution in [0.1, 0.15) is 35.6 Å². The minimum Gasteiger partial charge on any atom is -0.388 e. The summed E-state index contributed by atoms with van der Waals surface area (Å²) < 4.78 is 5.27. The molecule has 1 aromatic rings. The predicted molar refractivity (Wildman–Crippen MR) is 70.5 cm³/mol. The van der Waals surface area contributed by atoms with Gasteiger partial charge in [0.25, 0.3) is 0 Å². The smallest absolute Gasteiger partial charge is 0.0815 e. The maximum atomic E-state index is 10.3. The Morgan fingerprint density at radius 3 is 2.76 bits per heavy atom. The van der Waals surface area contributed by atoms with Crippen LogP contribution in [0.2, 0.25) is 0 Å². The summed E-state index contributed by atoms with van der Waals surface area (Å²) in [6.07, 6.45) is 1.46. The first-order valence-corrected chi connectivity index (χ1v) is 7.01. The third-order valence-electron chi connectivity index (χ3n) is 3.35. The Morgan fingerprint density at radius 2 is 2.18 bits per heavy atom. The molecular formula is C13H21NO2S. The predicted octanol–water partition coefficient (Wildman–Crippen LogP) is 2.25. The summed E-state index contributed by atoms with van der Waals surface area (Å²) in [7, 11) is 0. The molecule has 2 heterocycles. The molecule has 2 N–H and O–H groups in total. The van der Waals surface area contributed by atoms with E-state index in [-0.39, 0.29) is 0 Å². The average Bonchev–Trinajstić information content (AvgIpc) is 2.74. The van der Waals surface area contributed by atoms with E-state index >= 15 is 0 Å². The Kier molecular flexibility index (Phi) is 4.20. The Bertz CT molecular complexity index is 358. The quantitative estimate of drug-likeness (QED) is 0.867. The fourth-order valence-electron chi connectivity index (χ4n) is 2.06. The topological polar surface area (TPSA) is 41.5 Å². The van der Waals surface area contributed by atoms with E-state index in [0.717, 1.165) is 12.8 Å². The Labute approximate surface area is 107 Å². The number of hydrogen-bond acceptors (Lipinski definition) is 4. The number of hydrogen-bond donors (Lipinski definition) is 2. The lowest BCUT2D eigenvalue weighted by molar-refractivity contribution is -0.0625. The molecule has 0 radical (unpaired) electrons. The van der Waals surface area contributed by atoms with Crippen molar-refractivity contribution in [3.63, 3.8) is 0 Å². The van der Waals surface area contributed by atoms with Crippen molar-refractivity contribution >= 4 is 11.3 Å². The molecule has 0 bridgehead atoms. The summed E-state index contributed by atoms with van der Waals surface area (Å²) in [4.78, 5) is 2.66. The standard InChI is InChI=1S/C13H21NO2S/c1-10-3-4-12(17-10)11(2)14-9-13(15)5-7-16-8-6-13/h3-4,11,14-15H,5-9H2,1-2H3. The van der Waals surface area contributed by atoms with E-state index in [1.54, 1.807) is 0 Å². The van der Waals surface area contributed by atoms with Crippen LogP contribution in [0.15, 0.2) is 12.1 Å². The van der Waals surface area contributed by atoms with Crippen molar-refractivity contribution < 1.29 is 9.84 Å². The van der Waals surface area contributed by atoms with E-state index in [0.29, 0.717) is 25.8 Å². The van der Waals surface area contributed by atoms with Crippen LogP contribution in [0, 0.1) is 6.92 Å². The maximum Gasteiger partial charge on any atom is 0.0815 e. The van der Waals surface area contributed by atoms with Crippen LogP contribution in [-0.2, 0) is 4.74 Å². The number of rotatable bonds is 4. The summed E-state index contributed by atoms with van der Waals surface area (Å²) in [6, 6.07) is 4.60. The summed E-state index contributed by atoms with van der Waals surface area (Å²) in [6.45, 7) is 6.25. The van der Waals surface area contributed by atoms with Gasteiger partial charge >= 0.3 is 0 Å². The SMILES string of the molecule is Cc1ccc(C(C)NCC2(O)CCOCC2)s1. The fourth-order valence-corrected chi connectivity index (χ4v) is 2.96. The van der Waals surface area contributed by atoms with Crippen LogP contribution in [0.4, 0.5) is 0 Å². The van der Waals surface area contributed by atoms with Gasteiger partial charge in [0, 0.05) is 48.4 Å². The molecule has 0 saturated carbocycles. The highest BCUT2D eigenvalue weighted by molar-refractivity contribution is 7.12. The number of aliphatic hydroxyl groups is 1. The Balaban J connectivity index is 1.85. The van der Waals surface area contributed by atoms with Gasteiger partial charge in [0.15, 0.2) is 0 Å². The second kappa shape index (κ2) is 5.48. The minimum absolute atomic E-state index is 0.306. The zero-order chi connectivity index (χ0) is 12.3. The van der Waals surface area contributed by atoms with Gasteiger partial charge < -0.3 is 15.2 Å². The highest BCUT2D eigenvalue weighted by Gasteiger charge is 2.29. The molecule has 0 aliphatic carbocycles. The van der Waals surface area contributed by atoms with Gasteiger partial charge in [0.05, 0.1) is 5.60 Å². The van der Waals surface area contributed by atoms with Crippen molar-refractivity contribution in [3.05, 3.63) is 21.9 Å². The van der Waals surface area contributed by atoms with Gasteiger partial charge in [-0.15, -0.1) is 11.3 Å². The van der Waals surface area contributed by atoms with E-state index in [1.807, 2.05) is 11.3 Å². The average molecular weight is 255 g/mol. The molecule has 3 nitrogen and oxygen atoms in total. The molecule has 0 spiro atoms. The van der Waals surface area contributed by atoms with Gasteiger partial charge in [0.1, 0.15) is 0 Å². The third-order valence-corrected chi connectivity index (χ3v) is 4.53. The van der Waals surface area contributed by atoms with Gasteiger partial charge in [-0.25, -0.2) is 0 Å². The van der Waals surface area contributed by atoms with Crippen molar-refractivity contribution in [2.75, 3.05) is 19.8 Å². The summed E-state index contributed by atoms with van der Waals surface area (Å²) in [5.74, 6) is 0. The van der Waals surface area contributed by atoms with E-state index < -0.39 is 5.60 Å². The van der Waals surface area contributed by atoms with Crippen molar-refractivity contribution in [2.45, 2.75) is 38.3 Å². The molecule has 1 aliphatic rings. The summed E-state index contributed by atoms with van der Waals surface area (Å²) in [5.41, 5.74) is -0.585. The third kappa shape index (κ3) is 3.52. The van der Waals surface area contributed by atoms with E-state index in [2.05, 4.69) is 31.3 Å². The molecule has 1 fully saturated rings. The molecular weight excluding hydrogens is 234 g/mol. The van der Waals surface area contributed by atoms with Crippen molar-refractivity contribution in [3.8, 4) is 0 Å². The summed E-state index contributed by atoms with van der Waals surface area (Å²) >= 11 is 1.81. The molecule has 1 unspecified atom stereocenters. The van der Waals surface area contributed by atoms with Crippen molar-refractivity contribution in [1.82, 2.24) is 5.32 Å². The van der Waals surface area contributed by atoms with Gasteiger partial charge in [-0.3, -0.25) is 0 Å². The maximum absolute atomic E-state index is 10.3. The molecule has 0 aromatic carbocycles. The highest BCUT2D eigenvalue weighted by atomic mass is 32.1. The van der Waals surface area contributed by atoms with E-state index in [1.165, 1.54) is 9.75 Å². The second-order valence-electron chi connectivity index (χ2n) is 4.89. The molecule has 1 aromatic heterocycles. The van der Waals surface area contributed by atoms with E-state index in [4.69, 9.17) is 4.74 Å². The van der Waals surface area contributed by atoms with Gasteiger partial charge in [-0.2, -0.15) is 0 Å². The zero-order valence-electron chi connectivity index (χ0n) is 10.5. The number of nitrogens with one attached hydrogen (secondary N) is 1. The largest absolute Gasteiger partial charge is 0.388 e. The van der Waals surface area contributed by atoms with E-state index in [9.17, 15) is 5.11 Å². The monoisotopic (exact) mass is 255 g/mol. The molecule has 1 atom stereocenters. The van der Waals surface area contributed by atoms with Crippen molar-refractivity contribution in [2.24, 2.45) is 0 Å². The van der Waals surface area contributed by atoms with Crippen LogP contribution in [0.25, 0.3) is 0 Å². The minimum atomic E-state index is -0.585. The first-order chi connectivity index (χ1) is 8.09. The molecule has 4 heteroatoms. The van der Waals surface area contributed by atoms with Crippen molar-refractivity contribution in [1.29, 1.82) is 0 Å². The lowest BCUT2D eigenvalue weighted by Gasteiger charge is -2.33. The van der Waals surface area contributed by atoms with Crippen LogP contribution >= 0.6 is 11.3 Å². The van der Waals surface area contributed by atoms with Gasteiger partial charge in [-0.1, -0.05) is 0 Å². The zero-order valence-corrected chi connectivity index (χ0v) is 11.3. The fraction of sp³-hybridized carbons (Fsp3) is 0.692. The van der Waals surface area contributed by atoms with Gasteiger partial charge in [0.2, 0.25) is 0 Å². The number of thiophene rings is 1. The molecule has 1 aliphatic heterocycles. The number of ether oxygens (including phenoxy) is 1. The Hall–Kier alpha value is -0.420. The lowest BCUT2D eigenvalue weighted by atomic mass is 9.94. The van der Waals surface area contributed by atoms with Crippen LogP contribution in [0.3, 0.4) is 0 Å². The lowest BCUT2D eigenvalue weighted by Crippen LogP contribution is -2.45. The molecule has 0 amide bonds. The van der Waals surface area contributed by atoms with Crippen LogP contribution < -0.4 is 5.32 Å². The molecule has 1 saturated heterocycles. The van der Waals surface area contributed by atoms with Crippen LogP contribution in [0.5, 0.6) is 0 Å². The van der Waals surface area contributed by atoms with Gasteiger partial charge in [-0.05, 0) is 26.0 Å². The first-order valence-electron chi connectivity index (χ1n) is 6.19. The Morgan fingerprint density at radius 1 is 1.47 bits per heavy atom. The normalized spacial score (nSPS) is 21.4. The number of aryl methyl sites for hydroxylation is 1. The first kappa shape index (κ1) is 13.0. The second-order valence-corrected chi connectivity index (χ2v) is 6.21. The van der Waals surface area contributed by atoms with Crippen LogP contribution in [-0.4, -0.2) is 30.5 Å². The highest BCUT2D eigenvalue weighted by Crippen LogP contribution is 2.24. The molecule has 17 heavy (non-hydrogen) atoms. The molecule has 2 rings (SSSR count). The molecule has 96 valence electrons. The summed E-state index contributed by atoms with van der Waals surface area (Å²) in [5, 5.41) is 13.8.